The zero-order valence-electron chi connectivity index (χ0n) is 15.8. The number of carbonyl (C=O) groups is 4. The first-order valence-corrected chi connectivity index (χ1v) is 9.91. The molecule has 0 unspecified atom stereocenters. The van der Waals surface area contributed by atoms with E-state index in [0.29, 0.717) is 17.8 Å². The number of nitrogens with one attached hydrogen (secondary N) is 2. The molecule has 3 rings (SSSR count). The quantitative estimate of drug-likeness (QED) is 0.647. The molecule has 2 aromatic heterocycles. The number of amides is 4. The Bertz CT molecular complexity index is 958. The first-order valence-electron chi connectivity index (χ1n) is 9.09. The van der Waals surface area contributed by atoms with Gasteiger partial charge in [0.25, 0.3) is 5.91 Å². The number of anilines is 1. The third-order valence-electron chi connectivity index (χ3n) is 4.64. The van der Waals surface area contributed by atoms with E-state index in [2.05, 4.69) is 15.6 Å². The van der Waals surface area contributed by atoms with E-state index in [1.54, 1.807) is 13.1 Å². The van der Waals surface area contributed by atoms with Crippen molar-refractivity contribution < 1.29 is 19.2 Å². The van der Waals surface area contributed by atoms with E-state index in [4.69, 9.17) is 5.73 Å². The third kappa shape index (κ3) is 4.60. The van der Waals surface area contributed by atoms with Gasteiger partial charge in [0.2, 0.25) is 5.91 Å². The SMILES string of the molecule is CNC(=O)c1ccc([C@@H]2CCCCN2C(=O)C(=O)Nc2cncc(C(N)=O)c2)s1. The highest BCUT2D eigenvalue weighted by Crippen LogP contribution is 2.35. The molecule has 3 heterocycles. The molecule has 10 heteroatoms. The summed E-state index contributed by atoms with van der Waals surface area (Å²) in [7, 11) is 1.56. The highest BCUT2D eigenvalue weighted by molar-refractivity contribution is 7.14. The fourth-order valence-electron chi connectivity index (χ4n) is 3.21. The molecule has 1 aliphatic rings. The molecule has 0 saturated carbocycles. The van der Waals surface area contributed by atoms with E-state index in [9.17, 15) is 19.2 Å². The van der Waals surface area contributed by atoms with Crippen LogP contribution >= 0.6 is 11.3 Å². The van der Waals surface area contributed by atoms with Crippen LogP contribution < -0.4 is 16.4 Å². The lowest BCUT2D eigenvalue weighted by Gasteiger charge is -2.34. The van der Waals surface area contributed by atoms with Crippen LogP contribution in [-0.2, 0) is 9.59 Å². The summed E-state index contributed by atoms with van der Waals surface area (Å²) in [5.41, 5.74) is 5.56. The Kier molecular flexibility index (Phi) is 6.23. The minimum atomic E-state index is -0.816. The molecular formula is C19H21N5O4S. The lowest BCUT2D eigenvalue weighted by molar-refractivity contribution is -0.145. The second-order valence-electron chi connectivity index (χ2n) is 6.57. The van der Waals surface area contributed by atoms with Crippen molar-refractivity contribution in [2.24, 2.45) is 5.73 Å². The Morgan fingerprint density at radius 2 is 2.00 bits per heavy atom. The van der Waals surface area contributed by atoms with Crippen LogP contribution in [-0.4, -0.2) is 47.1 Å². The Hall–Kier alpha value is -3.27. The molecule has 1 fully saturated rings. The molecule has 0 aromatic carbocycles. The molecule has 0 bridgehead atoms. The van der Waals surface area contributed by atoms with E-state index in [-0.39, 0.29) is 23.2 Å². The Balaban J connectivity index is 1.76. The highest BCUT2D eigenvalue weighted by atomic mass is 32.1. The van der Waals surface area contributed by atoms with E-state index in [0.717, 1.165) is 17.7 Å². The van der Waals surface area contributed by atoms with Gasteiger partial charge in [-0.05, 0) is 37.5 Å². The fraction of sp³-hybridized carbons (Fsp3) is 0.316. The molecular weight excluding hydrogens is 394 g/mol. The molecule has 1 aliphatic heterocycles. The Morgan fingerprint density at radius 3 is 2.72 bits per heavy atom. The molecule has 0 aliphatic carbocycles. The van der Waals surface area contributed by atoms with Crippen LogP contribution in [0.5, 0.6) is 0 Å². The van der Waals surface area contributed by atoms with Gasteiger partial charge in [0, 0.05) is 24.7 Å². The van der Waals surface area contributed by atoms with Gasteiger partial charge >= 0.3 is 11.8 Å². The van der Waals surface area contributed by atoms with Gasteiger partial charge in [0.1, 0.15) is 0 Å². The Morgan fingerprint density at radius 1 is 1.21 bits per heavy atom. The van der Waals surface area contributed by atoms with Crippen molar-refractivity contribution in [1.29, 1.82) is 0 Å². The van der Waals surface area contributed by atoms with Crippen LogP contribution in [0.2, 0.25) is 0 Å². The summed E-state index contributed by atoms with van der Waals surface area (Å²) in [5.74, 6) is -2.35. The van der Waals surface area contributed by atoms with Gasteiger partial charge in [-0.15, -0.1) is 11.3 Å². The molecule has 1 saturated heterocycles. The number of pyridine rings is 1. The van der Waals surface area contributed by atoms with Gasteiger partial charge < -0.3 is 21.3 Å². The lowest BCUT2D eigenvalue weighted by Crippen LogP contribution is -2.44. The summed E-state index contributed by atoms with van der Waals surface area (Å²) in [6, 6.07) is 4.64. The van der Waals surface area contributed by atoms with Crippen molar-refractivity contribution >= 4 is 40.7 Å². The number of nitrogens with zero attached hydrogens (tertiary/aromatic N) is 2. The maximum atomic E-state index is 12.8. The first kappa shape index (κ1) is 20.5. The molecule has 1 atom stereocenters. The molecule has 0 radical (unpaired) electrons. The zero-order valence-corrected chi connectivity index (χ0v) is 16.6. The van der Waals surface area contributed by atoms with Gasteiger partial charge in [-0.3, -0.25) is 24.2 Å². The number of thiophene rings is 1. The topological polar surface area (TPSA) is 134 Å². The normalized spacial score (nSPS) is 16.2. The maximum absolute atomic E-state index is 12.8. The van der Waals surface area contributed by atoms with Crippen molar-refractivity contribution in [3.8, 4) is 0 Å². The van der Waals surface area contributed by atoms with Gasteiger partial charge in [-0.2, -0.15) is 0 Å². The number of primary amides is 1. The Labute approximate surface area is 171 Å². The minimum absolute atomic E-state index is 0.131. The van der Waals surface area contributed by atoms with Crippen LogP contribution in [0.4, 0.5) is 5.69 Å². The van der Waals surface area contributed by atoms with Crippen molar-refractivity contribution in [2.75, 3.05) is 18.9 Å². The summed E-state index contributed by atoms with van der Waals surface area (Å²) in [4.78, 5) is 55.2. The van der Waals surface area contributed by atoms with E-state index >= 15 is 0 Å². The largest absolute Gasteiger partial charge is 0.366 e. The van der Waals surface area contributed by atoms with E-state index in [1.807, 2.05) is 6.07 Å². The van der Waals surface area contributed by atoms with E-state index < -0.39 is 17.7 Å². The average molecular weight is 415 g/mol. The second kappa shape index (κ2) is 8.82. The third-order valence-corrected chi connectivity index (χ3v) is 5.83. The average Bonchev–Trinajstić information content (AvgIpc) is 3.23. The van der Waals surface area contributed by atoms with Crippen molar-refractivity contribution in [2.45, 2.75) is 25.3 Å². The van der Waals surface area contributed by atoms with Crippen LogP contribution in [0, 0.1) is 0 Å². The second-order valence-corrected chi connectivity index (χ2v) is 7.69. The number of nitrogens with two attached hydrogens (primary N) is 1. The molecule has 29 heavy (non-hydrogen) atoms. The first-order chi connectivity index (χ1) is 13.9. The van der Waals surface area contributed by atoms with Crippen molar-refractivity contribution in [3.63, 3.8) is 0 Å². The highest BCUT2D eigenvalue weighted by Gasteiger charge is 2.33. The number of aromatic nitrogens is 1. The zero-order chi connectivity index (χ0) is 21.0. The number of carbonyl (C=O) groups excluding carboxylic acids is 4. The number of piperidine rings is 1. The summed E-state index contributed by atoms with van der Waals surface area (Å²) in [6.45, 7) is 0.448. The summed E-state index contributed by atoms with van der Waals surface area (Å²) in [6.07, 6.45) is 5.04. The molecule has 2 aromatic rings. The number of hydrogen-bond donors (Lipinski definition) is 3. The molecule has 4 amide bonds. The molecule has 152 valence electrons. The number of rotatable bonds is 4. The molecule has 4 N–H and O–H groups in total. The smallest absolute Gasteiger partial charge is 0.313 e. The van der Waals surface area contributed by atoms with Gasteiger partial charge in [0.05, 0.1) is 28.4 Å². The van der Waals surface area contributed by atoms with E-state index in [1.165, 1.54) is 34.7 Å². The van der Waals surface area contributed by atoms with Gasteiger partial charge in [-0.25, -0.2) is 0 Å². The minimum Gasteiger partial charge on any atom is -0.366 e. The van der Waals surface area contributed by atoms with Crippen LogP contribution in [0.15, 0.2) is 30.6 Å². The predicted molar refractivity (Wildman–Crippen MR) is 107 cm³/mol. The van der Waals surface area contributed by atoms with Gasteiger partial charge in [0.15, 0.2) is 0 Å². The fourth-order valence-corrected chi connectivity index (χ4v) is 4.31. The van der Waals surface area contributed by atoms with Crippen LogP contribution in [0.25, 0.3) is 0 Å². The molecule has 0 spiro atoms. The van der Waals surface area contributed by atoms with Crippen LogP contribution in [0.3, 0.4) is 0 Å². The maximum Gasteiger partial charge on any atom is 0.313 e. The standard InChI is InChI=1S/C19H21N5O4S/c1-21-17(26)15-6-5-14(29-15)13-4-2-3-7-24(13)19(28)18(27)23-12-8-11(16(20)25)9-22-10-12/h5-6,8-10,13H,2-4,7H2,1H3,(H2,20,25)(H,21,26)(H,23,27)/t13-/m0/s1. The summed E-state index contributed by atoms with van der Waals surface area (Å²) >= 11 is 1.32. The van der Waals surface area contributed by atoms with Gasteiger partial charge in [-0.1, -0.05) is 0 Å². The number of hydrogen-bond acceptors (Lipinski definition) is 6. The predicted octanol–water partition coefficient (Wildman–Crippen LogP) is 1.29. The van der Waals surface area contributed by atoms with Crippen LogP contribution in [0.1, 0.15) is 50.2 Å². The molecule has 9 nitrogen and oxygen atoms in total. The summed E-state index contributed by atoms with van der Waals surface area (Å²) < 4.78 is 0. The van der Waals surface area contributed by atoms with Crippen molar-refractivity contribution in [1.82, 2.24) is 15.2 Å². The monoisotopic (exact) mass is 415 g/mol. The van der Waals surface area contributed by atoms with Crippen molar-refractivity contribution in [3.05, 3.63) is 45.9 Å². The lowest BCUT2D eigenvalue weighted by atomic mass is 10.0. The summed E-state index contributed by atoms with van der Waals surface area (Å²) in [5, 5.41) is 5.06. The number of likely N-dealkylation sites (tertiary alicyclic amines) is 1.